The molecule has 1 aliphatic heterocycles. The van der Waals surface area contributed by atoms with Crippen LogP contribution in [0.15, 0.2) is 36.4 Å². The van der Waals surface area contributed by atoms with Gasteiger partial charge in [-0.25, -0.2) is 4.39 Å². The van der Waals surface area contributed by atoms with Gasteiger partial charge >= 0.3 is 0 Å². The number of alkyl halides is 1. The number of anilines is 1. The fourth-order valence-electron chi connectivity index (χ4n) is 4.03. The third-order valence-electron chi connectivity index (χ3n) is 5.79. The van der Waals surface area contributed by atoms with Gasteiger partial charge in [-0.2, -0.15) is 0 Å². The largest absolute Gasteiger partial charge is 0.372 e. The molecule has 1 saturated carbocycles. The number of aryl methyl sites for hydroxylation is 1. The number of hydrogen-bond acceptors (Lipinski definition) is 2. The number of amides is 1. The van der Waals surface area contributed by atoms with Gasteiger partial charge in [0.15, 0.2) is 0 Å². The Hall–Kier alpha value is -1.88. The number of nitrogens with one attached hydrogen (secondary N) is 1. The summed E-state index contributed by atoms with van der Waals surface area (Å²) in [6.07, 6.45) is 4.60. The van der Waals surface area contributed by atoms with E-state index in [1.54, 1.807) is 13.0 Å². The molecule has 28 heavy (non-hydrogen) atoms. The van der Waals surface area contributed by atoms with Gasteiger partial charge in [-0.3, -0.25) is 4.79 Å². The third-order valence-corrected chi connectivity index (χ3v) is 6.43. The van der Waals surface area contributed by atoms with Crippen molar-refractivity contribution in [1.29, 1.82) is 0 Å². The van der Waals surface area contributed by atoms with Crippen LogP contribution in [0.25, 0.3) is 0 Å². The molecule has 0 bridgehead atoms. The molecular formula is C23H26BrFN2O. The number of nitrogens with zero attached hydrogens (tertiary/aromatic N) is 1. The van der Waals surface area contributed by atoms with Crippen LogP contribution >= 0.6 is 15.9 Å². The minimum absolute atomic E-state index is 0.0536. The van der Waals surface area contributed by atoms with Crippen molar-refractivity contribution in [1.82, 2.24) is 5.32 Å². The molecular weight excluding hydrogens is 419 g/mol. The first-order chi connectivity index (χ1) is 13.5. The van der Waals surface area contributed by atoms with E-state index in [4.69, 9.17) is 0 Å². The van der Waals surface area contributed by atoms with Gasteiger partial charge in [0.1, 0.15) is 5.82 Å². The Morgan fingerprint density at radius 1 is 1.21 bits per heavy atom. The molecule has 2 aliphatic rings. The standard InChI is InChI=1S/C23H26BrFN2O/c1-15-10-18(6-7-21(15)25)22(17-4-5-17)26-23(28)19-11-16(14-24)12-20(13-19)27-8-2-3-9-27/h6-7,10-13,17,22H,2-5,8-9,14H2,1H3,(H,26,28). The van der Waals surface area contributed by atoms with Gasteiger partial charge in [-0.1, -0.05) is 28.1 Å². The predicted octanol–water partition coefficient (Wildman–Crippen LogP) is 5.51. The second-order valence-corrected chi connectivity index (χ2v) is 8.57. The Balaban J connectivity index is 1.59. The topological polar surface area (TPSA) is 32.3 Å². The van der Waals surface area contributed by atoms with E-state index in [2.05, 4.69) is 32.2 Å². The maximum atomic E-state index is 13.7. The lowest BCUT2D eigenvalue weighted by Gasteiger charge is -2.22. The van der Waals surface area contributed by atoms with Gasteiger partial charge in [0.2, 0.25) is 0 Å². The summed E-state index contributed by atoms with van der Waals surface area (Å²) < 4.78 is 13.7. The minimum Gasteiger partial charge on any atom is -0.372 e. The van der Waals surface area contributed by atoms with Crippen LogP contribution in [-0.4, -0.2) is 19.0 Å². The average molecular weight is 445 g/mol. The fourth-order valence-corrected chi connectivity index (χ4v) is 4.35. The van der Waals surface area contributed by atoms with Crippen LogP contribution in [-0.2, 0) is 5.33 Å². The first kappa shape index (κ1) is 19.4. The molecule has 0 aromatic heterocycles. The SMILES string of the molecule is Cc1cc(C(NC(=O)c2cc(CBr)cc(N3CCCC3)c2)C2CC2)ccc1F. The van der Waals surface area contributed by atoms with Crippen molar-refractivity contribution in [3.05, 3.63) is 64.5 Å². The highest BCUT2D eigenvalue weighted by molar-refractivity contribution is 9.08. The summed E-state index contributed by atoms with van der Waals surface area (Å²) in [5.41, 5.74) is 4.54. The molecule has 0 spiro atoms. The number of hydrogen-bond donors (Lipinski definition) is 1. The number of carbonyl (C=O) groups is 1. The number of halogens is 2. The Kier molecular flexibility index (Phi) is 5.72. The lowest BCUT2D eigenvalue weighted by molar-refractivity contribution is 0.0931. The zero-order valence-electron chi connectivity index (χ0n) is 16.2. The van der Waals surface area contributed by atoms with E-state index in [9.17, 15) is 9.18 Å². The van der Waals surface area contributed by atoms with Crippen LogP contribution < -0.4 is 10.2 Å². The highest BCUT2D eigenvalue weighted by Gasteiger charge is 2.34. The predicted molar refractivity (Wildman–Crippen MR) is 115 cm³/mol. The highest BCUT2D eigenvalue weighted by Crippen LogP contribution is 2.41. The van der Waals surface area contributed by atoms with Gasteiger partial charge in [0.25, 0.3) is 5.91 Å². The van der Waals surface area contributed by atoms with E-state index in [-0.39, 0.29) is 17.8 Å². The lowest BCUT2D eigenvalue weighted by Crippen LogP contribution is -2.30. The van der Waals surface area contributed by atoms with Crippen molar-refractivity contribution in [3.8, 4) is 0 Å². The quantitative estimate of drug-likeness (QED) is 0.595. The molecule has 5 heteroatoms. The summed E-state index contributed by atoms with van der Waals surface area (Å²) in [6, 6.07) is 11.2. The van der Waals surface area contributed by atoms with Crippen molar-refractivity contribution in [2.24, 2.45) is 5.92 Å². The van der Waals surface area contributed by atoms with Crippen LogP contribution in [0.3, 0.4) is 0 Å². The van der Waals surface area contributed by atoms with Crippen LogP contribution in [0.2, 0.25) is 0 Å². The normalized spacial score (nSPS) is 17.6. The summed E-state index contributed by atoms with van der Waals surface area (Å²) in [5.74, 6) is 0.179. The van der Waals surface area contributed by atoms with Crippen molar-refractivity contribution in [2.75, 3.05) is 18.0 Å². The molecule has 2 aromatic carbocycles. The van der Waals surface area contributed by atoms with Crippen LogP contribution in [0.5, 0.6) is 0 Å². The van der Waals surface area contributed by atoms with Gasteiger partial charge in [0, 0.05) is 29.7 Å². The molecule has 1 heterocycles. The van der Waals surface area contributed by atoms with Crippen LogP contribution in [0.1, 0.15) is 58.8 Å². The molecule has 1 amide bonds. The summed E-state index contributed by atoms with van der Waals surface area (Å²) >= 11 is 3.53. The Bertz CT molecular complexity index is 875. The van der Waals surface area contributed by atoms with E-state index in [0.29, 0.717) is 17.0 Å². The van der Waals surface area contributed by atoms with Crippen molar-refractivity contribution in [3.63, 3.8) is 0 Å². The molecule has 0 radical (unpaired) electrons. The molecule has 2 fully saturated rings. The fraction of sp³-hybridized carbons (Fsp3) is 0.435. The zero-order valence-corrected chi connectivity index (χ0v) is 17.8. The molecule has 1 atom stereocenters. The third kappa shape index (κ3) is 4.24. The monoisotopic (exact) mass is 444 g/mol. The van der Waals surface area contributed by atoms with Crippen LogP contribution in [0.4, 0.5) is 10.1 Å². The zero-order chi connectivity index (χ0) is 19.7. The lowest BCUT2D eigenvalue weighted by atomic mass is 9.99. The Labute approximate surface area is 174 Å². The van der Waals surface area contributed by atoms with E-state index >= 15 is 0 Å². The molecule has 4 rings (SSSR count). The van der Waals surface area contributed by atoms with Crippen molar-refractivity contribution < 1.29 is 9.18 Å². The molecule has 1 aliphatic carbocycles. The van der Waals surface area contributed by atoms with Gasteiger partial charge in [-0.05, 0) is 79.5 Å². The number of benzene rings is 2. The molecule has 1 unspecified atom stereocenters. The van der Waals surface area contributed by atoms with E-state index in [1.165, 1.54) is 18.9 Å². The summed E-state index contributed by atoms with van der Waals surface area (Å²) in [7, 11) is 0. The second-order valence-electron chi connectivity index (χ2n) is 8.01. The van der Waals surface area contributed by atoms with Gasteiger partial charge in [-0.15, -0.1) is 0 Å². The van der Waals surface area contributed by atoms with E-state index in [0.717, 1.165) is 48.1 Å². The highest BCUT2D eigenvalue weighted by atomic mass is 79.9. The minimum atomic E-state index is -0.204. The second kappa shape index (κ2) is 8.24. The van der Waals surface area contributed by atoms with Gasteiger partial charge < -0.3 is 10.2 Å². The summed E-state index contributed by atoms with van der Waals surface area (Å²) in [4.78, 5) is 15.5. The first-order valence-corrected chi connectivity index (χ1v) is 11.2. The Morgan fingerprint density at radius 3 is 2.61 bits per heavy atom. The molecule has 3 nitrogen and oxygen atoms in total. The Morgan fingerprint density at radius 2 is 1.96 bits per heavy atom. The first-order valence-electron chi connectivity index (χ1n) is 10.1. The molecule has 148 valence electrons. The van der Waals surface area contributed by atoms with Crippen molar-refractivity contribution in [2.45, 2.75) is 44.0 Å². The van der Waals surface area contributed by atoms with Gasteiger partial charge in [0.05, 0.1) is 6.04 Å². The van der Waals surface area contributed by atoms with Crippen LogP contribution in [0, 0.1) is 18.7 Å². The molecule has 1 saturated heterocycles. The van der Waals surface area contributed by atoms with E-state index in [1.807, 2.05) is 18.2 Å². The maximum absolute atomic E-state index is 13.7. The van der Waals surface area contributed by atoms with E-state index < -0.39 is 0 Å². The molecule has 2 aromatic rings. The number of carbonyl (C=O) groups excluding carboxylic acids is 1. The summed E-state index contributed by atoms with van der Waals surface area (Å²) in [6.45, 7) is 3.87. The number of rotatable bonds is 6. The van der Waals surface area contributed by atoms with Crippen molar-refractivity contribution >= 4 is 27.5 Å². The smallest absolute Gasteiger partial charge is 0.251 e. The maximum Gasteiger partial charge on any atom is 0.251 e. The summed E-state index contributed by atoms with van der Waals surface area (Å²) in [5, 5.41) is 3.95. The average Bonchev–Trinajstić information content (AvgIpc) is 3.40. The molecule has 1 N–H and O–H groups in total.